The van der Waals surface area contributed by atoms with Crippen molar-refractivity contribution in [2.75, 3.05) is 0 Å². The van der Waals surface area contributed by atoms with Crippen LogP contribution in [-0.2, 0) is 11.2 Å². The molecule has 0 unspecified atom stereocenters. The lowest BCUT2D eigenvalue weighted by atomic mass is 10.1. The average Bonchev–Trinajstić information content (AvgIpc) is 2.57. The van der Waals surface area contributed by atoms with Gasteiger partial charge in [0.15, 0.2) is 0 Å². The summed E-state index contributed by atoms with van der Waals surface area (Å²) in [7, 11) is 0. The second-order valence-electron chi connectivity index (χ2n) is 3.19. The van der Waals surface area contributed by atoms with Crippen molar-refractivity contribution in [1.82, 2.24) is 9.38 Å². The van der Waals surface area contributed by atoms with Crippen molar-refractivity contribution in [1.29, 1.82) is 0 Å². The van der Waals surface area contributed by atoms with Gasteiger partial charge in [0.2, 0.25) is 0 Å². The van der Waals surface area contributed by atoms with Gasteiger partial charge in [-0.05, 0) is 18.6 Å². The highest BCUT2D eigenvalue weighted by Crippen LogP contribution is 2.12. The smallest absolute Gasteiger partial charge is 0.309 e. The third-order valence-corrected chi connectivity index (χ3v) is 2.22. The molecule has 2 heterocycles. The highest BCUT2D eigenvalue weighted by atomic mass is 16.4. The lowest BCUT2D eigenvalue weighted by Crippen LogP contribution is -2.07. The number of imidazole rings is 1. The van der Waals surface area contributed by atoms with Gasteiger partial charge in [0.25, 0.3) is 0 Å². The summed E-state index contributed by atoms with van der Waals surface area (Å²) in [6.07, 6.45) is 3.47. The zero-order valence-corrected chi connectivity index (χ0v) is 7.77. The first-order chi connectivity index (χ1) is 6.68. The Bertz CT molecular complexity index is 488. The van der Waals surface area contributed by atoms with Crippen LogP contribution in [0, 0.1) is 6.92 Å². The minimum Gasteiger partial charge on any atom is -0.481 e. The zero-order chi connectivity index (χ0) is 10.1. The molecule has 72 valence electrons. The zero-order valence-electron chi connectivity index (χ0n) is 7.77. The molecule has 14 heavy (non-hydrogen) atoms. The van der Waals surface area contributed by atoms with E-state index in [1.165, 1.54) is 0 Å². The van der Waals surface area contributed by atoms with Crippen LogP contribution in [0.5, 0.6) is 0 Å². The number of aromatic nitrogens is 2. The molecule has 0 amide bonds. The fourth-order valence-electron chi connectivity index (χ4n) is 1.52. The van der Waals surface area contributed by atoms with Gasteiger partial charge < -0.3 is 9.51 Å². The molecule has 0 aliphatic rings. The summed E-state index contributed by atoms with van der Waals surface area (Å²) in [5.41, 5.74) is 2.54. The van der Waals surface area contributed by atoms with E-state index in [4.69, 9.17) is 5.11 Å². The van der Waals surface area contributed by atoms with Crippen molar-refractivity contribution < 1.29 is 9.90 Å². The Morgan fingerprint density at radius 3 is 3.07 bits per heavy atom. The molecule has 2 aromatic rings. The van der Waals surface area contributed by atoms with Crippen LogP contribution in [0.1, 0.15) is 11.3 Å². The van der Waals surface area contributed by atoms with Crippen molar-refractivity contribution in [2.24, 2.45) is 0 Å². The molecule has 0 radical (unpaired) electrons. The van der Waals surface area contributed by atoms with Crippen LogP contribution in [0.2, 0.25) is 0 Å². The summed E-state index contributed by atoms with van der Waals surface area (Å²) in [6.45, 7) is 1.90. The Morgan fingerprint density at radius 2 is 2.36 bits per heavy atom. The minimum absolute atomic E-state index is 0.0273. The Hall–Kier alpha value is -1.84. The number of hydrogen-bond donors (Lipinski definition) is 1. The third-order valence-electron chi connectivity index (χ3n) is 2.22. The van der Waals surface area contributed by atoms with Crippen LogP contribution in [0.25, 0.3) is 5.65 Å². The molecule has 2 aromatic heterocycles. The number of rotatable bonds is 2. The molecular weight excluding hydrogens is 180 g/mol. The number of fused-ring (bicyclic) bond motifs is 1. The van der Waals surface area contributed by atoms with Gasteiger partial charge in [0.05, 0.1) is 6.42 Å². The number of carboxylic acid groups (broad SMARTS) is 1. The average molecular weight is 190 g/mol. The number of nitrogens with zero attached hydrogens (tertiary/aromatic N) is 2. The molecule has 4 nitrogen and oxygen atoms in total. The third kappa shape index (κ3) is 1.35. The molecular formula is C10H10N2O2. The predicted molar refractivity (Wildman–Crippen MR) is 51.3 cm³/mol. The number of aryl methyl sites for hydroxylation is 1. The minimum atomic E-state index is -0.825. The first-order valence-corrected chi connectivity index (χ1v) is 4.32. The topological polar surface area (TPSA) is 54.6 Å². The van der Waals surface area contributed by atoms with Crippen molar-refractivity contribution in [3.8, 4) is 0 Å². The van der Waals surface area contributed by atoms with Gasteiger partial charge in [0.1, 0.15) is 5.65 Å². The van der Waals surface area contributed by atoms with Crippen molar-refractivity contribution >= 4 is 11.6 Å². The van der Waals surface area contributed by atoms with Crippen LogP contribution in [-0.4, -0.2) is 20.5 Å². The highest BCUT2D eigenvalue weighted by molar-refractivity contribution is 5.70. The predicted octanol–water partition coefficient (Wildman–Crippen LogP) is 1.27. The van der Waals surface area contributed by atoms with E-state index in [0.29, 0.717) is 0 Å². The number of pyridine rings is 1. The SMILES string of the molecule is Cc1ccc2nccn2c1CC(=O)O. The normalized spacial score (nSPS) is 10.6. The van der Waals surface area contributed by atoms with Gasteiger partial charge in [-0.15, -0.1) is 0 Å². The molecule has 0 saturated heterocycles. The molecule has 0 bridgehead atoms. The van der Waals surface area contributed by atoms with Crippen molar-refractivity contribution in [3.63, 3.8) is 0 Å². The second kappa shape index (κ2) is 3.14. The quantitative estimate of drug-likeness (QED) is 0.775. The molecule has 1 N–H and O–H groups in total. The van der Waals surface area contributed by atoms with Gasteiger partial charge in [-0.2, -0.15) is 0 Å². The monoisotopic (exact) mass is 190 g/mol. The van der Waals surface area contributed by atoms with Crippen molar-refractivity contribution in [2.45, 2.75) is 13.3 Å². The Balaban J connectivity index is 2.64. The molecule has 4 heteroatoms. The number of aliphatic carboxylic acids is 1. The van der Waals surface area contributed by atoms with Gasteiger partial charge in [-0.25, -0.2) is 4.98 Å². The summed E-state index contributed by atoms with van der Waals surface area (Å²) in [5, 5.41) is 8.75. The first-order valence-electron chi connectivity index (χ1n) is 4.32. The maximum absolute atomic E-state index is 10.7. The summed E-state index contributed by atoms with van der Waals surface area (Å²) in [6, 6.07) is 3.77. The summed E-state index contributed by atoms with van der Waals surface area (Å²) in [5.74, 6) is -0.825. The maximum atomic E-state index is 10.7. The molecule has 0 aromatic carbocycles. The van der Waals surface area contributed by atoms with E-state index < -0.39 is 5.97 Å². The van der Waals surface area contributed by atoms with Gasteiger partial charge in [-0.3, -0.25) is 4.79 Å². The molecule has 0 aliphatic heterocycles. The van der Waals surface area contributed by atoms with Gasteiger partial charge in [0, 0.05) is 18.1 Å². The Kier molecular flexibility index (Phi) is 1.96. The number of hydrogen-bond acceptors (Lipinski definition) is 2. The molecule has 0 atom stereocenters. The van der Waals surface area contributed by atoms with Crippen LogP contribution in [0.15, 0.2) is 24.5 Å². The van der Waals surface area contributed by atoms with Crippen LogP contribution in [0.4, 0.5) is 0 Å². The van der Waals surface area contributed by atoms with E-state index >= 15 is 0 Å². The molecule has 0 aliphatic carbocycles. The standard InChI is InChI=1S/C10H10N2O2/c1-7-2-3-9-11-4-5-12(9)8(7)6-10(13)14/h2-5H,6H2,1H3,(H,13,14). The van der Waals surface area contributed by atoms with Gasteiger partial charge >= 0.3 is 5.97 Å². The number of carboxylic acids is 1. The lowest BCUT2D eigenvalue weighted by Gasteiger charge is -2.06. The van der Waals surface area contributed by atoms with Crippen LogP contribution >= 0.6 is 0 Å². The first kappa shape index (κ1) is 8.74. The Labute approximate surface area is 80.8 Å². The van der Waals surface area contributed by atoms with E-state index in [9.17, 15) is 4.79 Å². The van der Waals surface area contributed by atoms with E-state index in [1.807, 2.05) is 23.5 Å². The highest BCUT2D eigenvalue weighted by Gasteiger charge is 2.08. The Morgan fingerprint density at radius 1 is 1.57 bits per heavy atom. The maximum Gasteiger partial charge on any atom is 0.309 e. The fourth-order valence-corrected chi connectivity index (χ4v) is 1.52. The number of carbonyl (C=O) groups is 1. The van der Waals surface area contributed by atoms with E-state index in [2.05, 4.69) is 4.98 Å². The van der Waals surface area contributed by atoms with E-state index in [-0.39, 0.29) is 6.42 Å². The van der Waals surface area contributed by atoms with Gasteiger partial charge in [-0.1, -0.05) is 6.07 Å². The fraction of sp³-hybridized carbons (Fsp3) is 0.200. The molecule has 2 rings (SSSR count). The summed E-state index contributed by atoms with van der Waals surface area (Å²) >= 11 is 0. The summed E-state index contributed by atoms with van der Waals surface area (Å²) in [4.78, 5) is 14.8. The molecule has 0 saturated carbocycles. The van der Waals surface area contributed by atoms with Crippen LogP contribution < -0.4 is 0 Å². The van der Waals surface area contributed by atoms with E-state index in [0.717, 1.165) is 16.9 Å². The molecule has 0 spiro atoms. The lowest BCUT2D eigenvalue weighted by molar-refractivity contribution is -0.136. The van der Waals surface area contributed by atoms with E-state index in [1.54, 1.807) is 12.4 Å². The second-order valence-corrected chi connectivity index (χ2v) is 3.19. The van der Waals surface area contributed by atoms with Crippen LogP contribution in [0.3, 0.4) is 0 Å². The largest absolute Gasteiger partial charge is 0.481 e. The van der Waals surface area contributed by atoms with Crippen molar-refractivity contribution in [3.05, 3.63) is 35.8 Å². The summed E-state index contributed by atoms with van der Waals surface area (Å²) < 4.78 is 1.81. The molecule has 0 fully saturated rings.